The van der Waals surface area contributed by atoms with Crippen molar-refractivity contribution in [2.45, 2.75) is 24.7 Å². The number of aromatic nitrogens is 2. The third-order valence-corrected chi connectivity index (χ3v) is 2.50. The Morgan fingerprint density at radius 1 is 1.47 bits per heavy atom. The molecule has 0 aromatic carbocycles. The number of nitrogens with zero attached hydrogens (tertiary/aromatic N) is 2. The van der Waals surface area contributed by atoms with Crippen LogP contribution in [0.2, 0.25) is 0 Å². The van der Waals surface area contributed by atoms with Gasteiger partial charge in [-0.15, -0.1) is 10.2 Å². The number of anilines is 1. The van der Waals surface area contributed by atoms with Gasteiger partial charge in [-0.2, -0.15) is 0 Å². The van der Waals surface area contributed by atoms with Gasteiger partial charge in [0.2, 0.25) is 5.92 Å². The van der Waals surface area contributed by atoms with E-state index in [1.54, 1.807) is 0 Å². The van der Waals surface area contributed by atoms with Gasteiger partial charge in [-0.05, 0) is 0 Å². The first-order valence-corrected chi connectivity index (χ1v) is 4.57. The summed E-state index contributed by atoms with van der Waals surface area (Å²) in [6.07, 6.45) is -0.385. The topological polar surface area (TPSA) is 61.0 Å². The summed E-state index contributed by atoms with van der Waals surface area (Å²) in [7, 11) is 1.46. The van der Waals surface area contributed by atoms with Crippen molar-refractivity contribution in [3.8, 4) is 5.75 Å². The predicted molar refractivity (Wildman–Crippen MR) is 49.9 cm³/mol. The number of nitrogen functional groups attached to an aromatic ring is 1. The van der Waals surface area contributed by atoms with Crippen LogP contribution in [0.25, 0.3) is 0 Å². The summed E-state index contributed by atoms with van der Waals surface area (Å²) >= 11 is 0. The number of nitrogens with two attached hydrogens (primary N) is 1. The Labute approximate surface area is 85.4 Å². The first kappa shape index (κ1) is 10.1. The van der Waals surface area contributed by atoms with E-state index >= 15 is 0 Å². The first-order chi connectivity index (χ1) is 7.02. The number of hydrogen-bond donors (Lipinski definition) is 1. The molecule has 1 heterocycles. The second-order valence-electron chi connectivity index (χ2n) is 3.68. The number of ether oxygens (including phenoxy) is 1. The summed E-state index contributed by atoms with van der Waals surface area (Å²) in [5.41, 5.74) is 5.88. The van der Waals surface area contributed by atoms with Crippen LogP contribution in [-0.2, 0) is 0 Å². The molecule has 0 radical (unpaired) electrons. The molecule has 1 saturated carbocycles. The third-order valence-electron chi connectivity index (χ3n) is 2.50. The van der Waals surface area contributed by atoms with Gasteiger partial charge in [0.15, 0.2) is 0 Å². The van der Waals surface area contributed by atoms with Crippen LogP contribution in [0.4, 0.5) is 14.6 Å². The zero-order valence-electron chi connectivity index (χ0n) is 8.20. The lowest BCUT2D eigenvalue weighted by Crippen LogP contribution is -2.34. The summed E-state index contributed by atoms with van der Waals surface area (Å²) in [4.78, 5) is 0. The van der Waals surface area contributed by atoms with Crippen molar-refractivity contribution in [1.29, 1.82) is 0 Å². The average Bonchev–Trinajstić information content (AvgIpc) is 2.14. The van der Waals surface area contributed by atoms with E-state index in [1.807, 2.05) is 0 Å². The van der Waals surface area contributed by atoms with E-state index in [-0.39, 0.29) is 24.6 Å². The Morgan fingerprint density at radius 3 is 2.67 bits per heavy atom. The second-order valence-corrected chi connectivity index (χ2v) is 3.68. The fourth-order valence-corrected chi connectivity index (χ4v) is 1.70. The van der Waals surface area contributed by atoms with Crippen molar-refractivity contribution < 1.29 is 13.5 Å². The summed E-state index contributed by atoms with van der Waals surface area (Å²) in [6.45, 7) is 0. The van der Waals surface area contributed by atoms with Crippen molar-refractivity contribution in [2.24, 2.45) is 0 Å². The molecule has 82 valence electrons. The second kappa shape index (κ2) is 3.29. The lowest BCUT2D eigenvalue weighted by Gasteiger charge is -2.34. The quantitative estimate of drug-likeness (QED) is 0.813. The Morgan fingerprint density at radius 2 is 2.13 bits per heavy atom. The number of hydrogen-bond acceptors (Lipinski definition) is 4. The molecular weight excluding hydrogens is 204 g/mol. The molecule has 2 rings (SSSR count). The molecule has 1 fully saturated rings. The monoisotopic (exact) mass is 215 g/mol. The molecule has 0 aliphatic heterocycles. The van der Waals surface area contributed by atoms with E-state index in [2.05, 4.69) is 10.2 Å². The fourth-order valence-electron chi connectivity index (χ4n) is 1.70. The van der Waals surface area contributed by atoms with Crippen LogP contribution in [0.15, 0.2) is 6.07 Å². The number of rotatable bonds is 2. The van der Waals surface area contributed by atoms with Crippen molar-refractivity contribution in [1.82, 2.24) is 10.2 Å². The standard InChI is InChI=1S/C9H11F2N3O/c1-15-6-2-7(12)13-14-8(6)5-3-9(10,11)4-5/h2,5H,3-4H2,1H3,(H2,12,13). The van der Waals surface area contributed by atoms with Gasteiger partial charge in [0.05, 0.1) is 7.11 Å². The number of halogens is 2. The molecule has 0 unspecified atom stereocenters. The van der Waals surface area contributed by atoms with Gasteiger partial charge in [0, 0.05) is 24.8 Å². The molecule has 1 aliphatic rings. The zero-order chi connectivity index (χ0) is 11.1. The molecule has 6 heteroatoms. The first-order valence-electron chi connectivity index (χ1n) is 4.57. The molecule has 1 aromatic heterocycles. The lowest BCUT2D eigenvalue weighted by atomic mass is 9.79. The third kappa shape index (κ3) is 1.84. The summed E-state index contributed by atoms with van der Waals surface area (Å²) in [6, 6.07) is 1.50. The van der Waals surface area contributed by atoms with Gasteiger partial charge in [-0.1, -0.05) is 0 Å². The SMILES string of the molecule is COc1cc(N)nnc1C1CC(F)(F)C1. The van der Waals surface area contributed by atoms with Crippen LogP contribution in [0.5, 0.6) is 5.75 Å². The van der Waals surface area contributed by atoms with Gasteiger partial charge < -0.3 is 10.5 Å². The van der Waals surface area contributed by atoms with Crippen LogP contribution in [0.1, 0.15) is 24.5 Å². The molecule has 0 amide bonds. The highest BCUT2D eigenvalue weighted by molar-refractivity contribution is 5.40. The van der Waals surface area contributed by atoms with E-state index in [0.29, 0.717) is 11.4 Å². The number of alkyl halides is 2. The maximum atomic E-state index is 12.7. The normalized spacial score (nSPS) is 19.7. The average molecular weight is 215 g/mol. The maximum absolute atomic E-state index is 12.7. The van der Waals surface area contributed by atoms with Crippen molar-refractivity contribution in [2.75, 3.05) is 12.8 Å². The van der Waals surface area contributed by atoms with Gasteiger partial charge in [-0.3, -0.25) is 0 Å². The van der Waals surface area contributed by atoms with E-state index in [0.717, 1.165) is 0 Å². The van der Waals surface area contributed by atoms with Gasteiger partial charge >= 0.3 is 0 Å². The fraction of sp³-hybridized carbons (Fsp3) is 0.556. The lowest BCUT2D eigenvalue weighted by molar-refractivity contribution is -0.0880. The van der Waals surface area contributed by atoms with Gasteiger partial charge in [0.1, 0.15) is 17.3 Å². The van der Waals surface area contributed by atoms with Crippen molar-refractivity contribution in [3.05, 3.63) is 11.8 Å². The highest BCUT2D eigenvalue weighted by Gasteiger charge is 2.47. The van der Waals surface area contributed by atoms with E-state index in [1.165, 1.54) is 13.2 Å². The predicted octanol–water partition coefficient (Wildman–Crippen LogP) is 1.58. The number of methoxy groups -OCH3 is 1. The molecule has 1 aliphatic carbocycles. The molecule has 0 bridgehead atoms. The van der Waals surface area contributed by atoms with Crippen LogP contribution in [0.3, 0.4) is 0 Å². The minimum atomic E-state index is -2.57. The van der Waals surface area contributed by atoms with E-state index in [9.17, 15) is 8.78 Å². The van der Waals surface area contributed by atoms with E-state index < -0.39 is 5.92 Å². The van der Waals surface area contributed by atoms with Gasteiger partial charge in [0.25, 0.3) is 0 Å². The minimum absolute atomic E-state index is 0.193. The van der Waals surface area contributed by atoms with Crippen molar-refractivity contribution >= 4 is 5.82 Å². The summed E-state index contributed by atoms with van der Waals surface area (Å²) in [5.74, 6) is -2.19. The summed E-state index contributed by atoms with van der Waals surface area (Å²) < 4.78 is 30.4. The van der Waals surface area contributed by atoms with Crippen LogP contribution in [0, 0.1) is 0 Å². The smallest absolute Gasteiger partial charge is 0.249 e. The highest BCUT2D eigenvalue weighted by atomic mass is 19.3. The molecular formula is C9H11F2N3O. The zero-order valence-corrected chi connectivity index (χ0v) is 8.20. The molecule has 0 atom stereocenters. The Kier molecular flexibility index (Phi) is 2.21. The highest BCUT2D eigenvalue weighted by Crippen LogP contribution is 2.49. The molecule has 0 spiro atoms. The minimum Gasteiger partial charge on any atom is -0.495 e. The largest absolute Gasteiger partial charge is 0.495 e. The van der Waals surface area contributed by atoms with Crippen molar-refractivity contribution in [3.63, 3.8) is 0 Å². The van der Waals surface area contributed by atoms with Crippen LogP contribution >= 0.6 is 0 Å². The molecule has 4 nitrogen and oxygen atoms in total. The maximum Gasteiger partial charge on any atom is 0.249 e. The molecule has 0 saturated heterocycles. The van der Waals surface area contributed by atoms with E-state index in [4.69, 9.17) is 10.5 Å². The Hall–Kier alpha value is -1.46. The molecule has 15 heavy (non-hydrogen) atoms. The Balaban J connectivity index is 2.22. The van der Waals surface area contributed by atoms with Crippen LogP contribution in [-0.4, -0.2) is 23.2 Å². The molecule has 2 N–H and O–H groups in total. The molecule has 1 aromatic rings. The summed E-state index contributed by atoms with van der Waals surface area (Å²) in [5, 5.41) is 7.44. The van der Waals surface area contributed by atoms with Gasteiger partial charge in [-0.25, -0.2) is 8.78 Å². The van der Waals surface area contributed by atoms with Crippen LogP contribution < -0.4 is 10.5 Å². The Bertz CT molecular complexity index is 376.